The van der Waals surface area contributed by atoms with Crippen LogP contribution in [0.5, 0.6) is 0 Å². The number of nitrogens with zero attached hydrogens (tertiary/aromatic N) is 3. The summed E-state index contributed by atoms with van der Waals surface area (Å²) in [5.74, 6) is 1.32. The van der Waals surface area contributed by atoms with Gasteiger partial charge >= 0.3 is 0 Å². The van der Waals surface area contributed by atoms with E-state index in [1.54, 1.807) is 0 Å². The van der Waals surface area contributed by atoms with Crippen LogP contribution >= 0.6 is 0 Å². The molecule has 1 atom stereocenters. The van der Waals surface area contributed by atoms with Crippen molar-refractivity contribution in [3.8, 4) is 0 Å². The highest BCUT2D eigenvalue weighted by atomic mass is 16.2. The Kier molecular flexibility index (Phi) is 3.54. The number of likely N-dealkylation sites (tertiary alicyclic amines) is 1. The van der Waals surface area contributed by atoms with E-state index in [-0.39, 0.29) is 5.41 Å². The van der Waals surface area contributed by atoms with Gasteiger partial charge in [0.25, 0.3) is 0 Å². The molecule has 5 nitrogen and oxygen atoms in total. The summed E-state index contributed by atoms with van der Waals surface area (Å²) in [6.45, 7) is 4.43. The molecule has 3 rings (SSSR count). The number of amides is 1. The highest BCUT2D eigenvalue weighted by Gasteiger charge is 2.44. The van der Waals surface area contributed by atoms with Gasteiger partial charge in [0.15, 0.2) is 0 Å². The van der Waals surface area contributed by atoms with Crippen LogP contribution in [-0.4, -0.2) is 39.5 Å². The Bertz CT molecular complexity index is 492. The third kappa shape index (κ3) is 2.59. The maximum atomic E-state index is 12.5. The normalized spacial score (nSPS) is 24.1. The molecule has 2 heterocycles. The van der Waals surface area contributed by atoms with Crippen molar-refractivity contribution in [1.82, 2.24) is 14.5 Å². The lowest BCUT2D eigenvalue weighted by Gasteiger charge is -2.27. The molecule has 1 aliphatic carbocycles. The average molecular weight is 276 g/mol. The van der Waals surface area contributed by atoms with Crippen LogP contribution in [0.4, 0.5) is 0 Å². The number of rotatable bonds is 5. The Morgan fingerprint density at radius 1 is 1.55 bits per heavy atom. The van der Waals surface area contributed by atoms with Gasteiger partial charge in [-0.1, -0.05) is 0 Å². The van der Waals surface area contributed by atoms with Gasteiger partial charge in [-0.15, -0.1) is 0 Å². The molecule has 20 heavy (non-hydrogen) atoms. The number of hydrogen-bond donors (Lipinski definition) is 1. The standard InChI is InChI=1S/C15H24N4O/c1-12-17-6-8-18(12)10-13-3-2-7-19(13)14(20)9-15(11-16)4-5-15/h6,8,13H,2-5,7,9-11,16H2,1H3. The fourth-order valence-corrected chi connectivity index (χ4v) is 3.23. The van der Waals surface area contributed by atoms with Gasteiger partial charge < -0.3 is 15.2 Å². The molecule has 2 N–H and O–H groups in total. The Morgan fingerprint density at radius 2 is 2.35 bits per heavy atom. The third-order valence-electron chi connectivity index (χ3n) is 4.94. The van der Waals surface area contributed by atoms with Crippen molar-refractivity contribution in [3.05, 3.63) is 18.2 Å². The molecule has 1 aromatic rings. The molecular formula is C15H24N4O. The fraction of sp³-hybridized carbons (Fsp3) is 0.733. The Morgan fingerprint density at radius 3 is 2.95 bits per heavy atom. The Balaban J connectivity index is 1.63. The van der Waals surface area contributed by atoms with Crippen molar-refractivity contribution in [3.63, 3.8) is 0 Å². The first-order valence-electron chi connectivity index (χ1n) is 7.61. The maximum absolute atomic E-state index is 12.5. The summed E-state index contributed by atoms with van der Waals surface area (Å²) in [6.07, 6.45) is 8.91. The number of imidazole rings is 1. The van der Waals surface area contributed by atoms with Crippen molar-refractivity contribution >= 4 is 5.91 Å². The van der Waals surface area contributed by atoms with Crippen LogP contribution in [0.15, 0.2) is 12.4 Å². The van der Waals surface area contributed by atoms with Crippen LogP contribution in [0.1, 0.15) is 37.9 Å². The average Bonchev–Trinajstić information content (AvgIpc) is 2.85. The lowest BCUT2D eigenvalue weighted by molar-refractivity contribution is -0.133. The van der Waals surface area contributed by atoms with Gasteiger partial charge in [-0.2, -0.15) is 0 Å². The van der Waals surface area contributed by atoms with Crippen molar-refractivity contribution in [2.75, 3.05) is 13.1 Å². The molecule has 110 valence electrons. The topological polar surface area (TPSA) is 64.2 Å². The summed E-state index contributed by atoms with van der Waals surface area (Å²) >= 11 is 0. The second-order valence-corrected chi connectivity index (χ2v) is 6.39. The van der Waals surface area contributed by atoms with Crippen LogP contribution < -0.4 is 5.73 Å². The highest BCUT2D eigenvalue weighted by molar-refractivity contribution is 5.78. The van der Waals surface area contributed by atoms with E-state index in [0.717, 1.165) is 44.6 Å². The van der Waals surface area contributed by atoms with Crippen molar-refractivity contribution in [2.45, 2.75) is 51.6 Å². The zero-order valence-electron chi connectivity index (χ0n) is 12.2. The summed E-state index contributed by atoms with van der Waals surface area (Å²) < 4.78 is 2.14. The zero-order valence-corrected chi connectivity index (χ0v) is 12.2. The molecule has 1 aromatic heterocycles. The molecule has 2 aliphatic rings. The van der Waals surface area contributed by atoms with E-state index < -0.39 is 0 Å². The van der Waals surface area contributed by atoms with Crippen LogP contribution in [0.3, 0.4) is 0 Å². The van der Waals surface area contributed by atoms with Gasteiger partial charge in [0, 0.05) is 37.9 Å². The lowest BCUT2D eigenvalue weighted by atomic mass is 10.0. The third-order valence-corrected chi connectivity index (χ3v) is 4.94. The van der Waals surface area contributed by atoms with E-state index in [2.05, 4.69) is 14.5 Å². The molecule has 1 saturated carbocycles. The second-order valence-electron chi connectivity index (χ2n) is 6.39. The first kappa shape index (κ1) is 13.6. The van der Waals surface area contributed by atoms with Crippen LogP contribution in [0.2, 0.25) is 0 Å². The Hall–Kier alpha value is -1.36. The summed E-state index contributed by atoms with van der Waals surface area (Å²) in [4.78, 5) is 18.9. The molecule has 0 radical (unpaired) electrons. The number of aryl methyl sites for hydroxylation is 1. The molecule has 0 bridgehead atoms. The van der Waals surface area contributed by atoms with Gasteiger partial charge in [-0.05, 0) is 44.6 Å². The molecule has 1 unspecified atom stereocenters. The first-order valence-corrected chi connectivity index (χ1v) is 7.61. The van der Waals surface area contributed by atoms with E-state index in [0.29, 0.717) is 24.9 Å². The first-order chi connectivity index (χ1) is 9.63. The molecule has 0 aromatic carbocycles. The zero-order chi connectivity index (χ0) is 14.2. The lowest BCUT2D eigenvalue weighted by Crippen LogP contribution is -2.39. The second kappa shape index (κ2) is 5.20. The summed E-state index contributed by atoms with van der Waals surface area (Å²) in [5.41, 5.74) is 5.93. The van der Waals surface area contributed by atoms with Crippen LogP contribution in [0, 0.1) is 12.3 Å². The predicted octanol–water partition coefficient (Wildman–Crippen LogP) is 1.31. The van der Waals surface area contributed by atoms with Crippen molar-refractivity contribution < 1.29 is 4.79 Å². The molecule has 1 aliphatic heterocycles. The number of carbonyl (C=O) groups is 1. The molecule has 0 spiro atoms. The van der Waals surface area contributed by atoms with E-state index in [1.165, 1.54) is 0 Å². The quantitative estimate of drug-likeness (QED) is 0.882. The predicted molar refractivity (Wildman–Crippen MR) is 77.0 cm³/mol. The van der Waals surface area contributed by atoms with Crippen molar-refractivity contribution in [2.24, 2.45) is 11.1 Å². The van der Waals surface area contributed by atoms with E-state index in [1.807, 2.05) is 19.3 Å². The summed E-state index contributed by atoms with van der Waals surface area (Å²) in [6, 6.07) is 0.323. The monoisotopic (exact) mass is 276 g/mol. The smallest absolute Gasteiger partial charge is 0.223 e. The van der Waals surface area contributed by atoms with Crippen LogP contribution in [-0.2, 0) is 11.3 Å². The SMILES string of the molecule is Cc1nccn1CC1CCCN1C(=O)CC1(CN)CC1. The van der Waals surface area contributed by atoms with E-state index in [9.17, 15) is 4.79 Å². The molecule has 5 heteroatoms. The van der Waals surface area contributed by atoms with Gasteiger partial charge in [0.2, 0.25) is 5.91 Å². The van der Waals surface area contributed by atoms with Gasteiger partial charge in [-0.25, -0.2) is 4.98 Å². The summed E-state index contributed by atoms with van der Waals surface area (Å²) in [5, 5.41) is 0. The highest BCUT2D eigenvalue weighted by Crippen LogP contribution is 2.48. The molecule has 2 fully saturated rings. The number of hydrogen-bond acceptors (Lipinski definition) is 3. The molecular weight excluding hydrogens is 252 g/mol. The van der Waals surface area contributed by atoms with Gasteiger partial charge in [0.05, 0.1) is 0 Å². The van der Waals surface area contributed by atoms with E-state index >= 15 is 0 Å². The number of aromatic nitrogens is 2. The van der Waals surface area contributed by atoms with Gasteiger partial charge in [-0.3, -0.25) is 4.79 Å². The van der Waals surface area contributed by atoms with Gasteiger partial charge in [0.1, 0.15) is 5.82 Å². The summed E-state index contributed by atoms with van der Waals surface area (Å²) in [7, 11) is 0. The van der Waals surface area contributed by atoms with Crippen LogP contribution in [0.25, 0.3) is 0 Å². The van der Waals surface area contributed by atoms with Crippen molar-refractivity contribution in [1.29, 1.82) is 0 Å². The minimum atomic E-state index is 0.134. The van der Waals surface area contributed by atoms with E-state index in [4.69, 9.17) is 5.73 Å². The number of nitrogens with two attached hydrogens (primary N) is 1. The number of carbonyl (C=O) groups excluding carboxylic acids is 1. The minimum Gasteiger partial charge on any atom is -0.338 e. The minimum absolute atomic E-state index is 0.134. The largest absolute Gasteiger partial charge is 0.338 e. The molecule has 1 amide bonds. The molecule has 1 saturated heterocycles. The fourth-order valence-electron chi connectivity index (χ4n) is 3.23. The Labute approximate surface area is 120 Å². The maximum Gasteiger partial charge on any atom is 0.223 e.